The summed E-state index contributed by atoms with van der Waals surface area (Å²) in [7, 11) is 0. The highest BCUT2D eigenvalue weighted by atomic mass is 79.9. The first-order valence-electron chi connectivity index (χ1n) is 6.71. The molecule has 2 nitrogen and oxygen atoms in total. The van der Waals surface area contributed by atoms with Gasteiger partial charge in [0.05, 0.1) is 0 Å². The van der Waals surface area contributed by atoms with E-state index in [2.05, 4.69) is 41.7 Å². The van der Waals surface area contributed by atoms with Gasteiger partial charge >= 0.3 is 0 Å². The number of hydrogen-bond acceptors (Lipinski definition) is 3. The fourth-order valence-electron chi connectivity index (χ4n) is 2.85. The topological polar surface area (TPSA) is 33.1 Å². The summed E-state index contributed by atoms with van der Waals surface area (Å²) >= 11 is 4.93. The molecule has 0 amide bonds. The summed E-state index contributed by atoms with van der Waals surface area (Å²) in [6, 6.07) is 0. The van der Waals surface area contributed by atoms with Crippen LogP contribution in [-0.2, 0) is 5.60 Å². The minimum Gasteiger partial charge on any atom is -0.383 e. The molecule has 102 valence electrons. The summed E-state index contributed by atoms with van der Waals surface area (Å²) in [4.78, 5) is 4.40. The molecule has 1 saturated carbocycles. The van der Waals surface area contributed by atoms with Crippen molar-refractivity contribution in [3.8, 4) is 0 Å². The number of aromatic nitrogens is 1. The minimum absolute atomic E-state index is 0.394. The van der Waals surface area contributed by atoms with E-state index in [1.54, 1.807) is 11.3 Å². The molecule has 4 heteroatoms. The summed E-state index contributed by atoms with van der Waals surface area (Å²) in [5, 5.41) is 13.6. The Labute approximate surface area is 122 Å². The molecule has 0 spiro atoms. The average molecular weight is 332 g/mol. The normalized spacial score (nSPS) is 29.5. The SMILES string of the molecule is CCC(C)(C)C1CCC(O)(c2nc(Br)cs2)CC1. The lowest BCUT2D eigenvalue weighted by atomic mass is 9.66. The van der Waals surface area contributed by atoms with E-state index in [1.165, 1.54) is 6.42 Å². The van der Waals surface area contributed by atoms with Crippen molar-refractivity contribution in [3.63, 3.8) is 0 Å². The zero-order valence-electron chi connectivity index (χ0n) is 11.4. The lowest BCUT2D eigenvalue weighted by Gasteiger charge is -2.41. The number of rotatable bonds is 3. The summed E-state index contributed by atoms with van der Waals surface area (Å²) in [6.45, 7) is 6.96. The Kier molecular flexibility index (Phi) is 4.20. The Morgan fingerprint density at radius 1 is 1.50 bits per heavy atom. The molecule has 1 aromatic heterocycles. The zero-order valence-corrected chi connectivity index (χ0v) is 13.8. The third kappa shape index (κ3) is 2.81. The van der Waals surface area contributed by atoms with E-state index in [0.29, 0.717) is 5.41 Å². The standard InChI is InChI=1S/C14H22BrNOS/c1-4-13(2,3)10-5-7-14(17,8-6-10)12-16-11(15)9-18-12/h9-10,17H,4-8H2,1-3H3. The van der Waals surface area contributed by atoms with Crippen LogP contribution in [0, 0.1) is 11.3 Å². The van der Waals surface area contributed by atoms with Crippen LogP contribution in [0.5, 0.6) is 0 Å². The highest BCUT2D eigenvalue weighted by Crippen LogP contribution is 2.47. The summed E-state index contributed by atoms with van der Waals surface area (Å²) in [6.07, 6.45) is 5.12. The molecule has 1 fully saturated rings. The van der Waals surface area contributed by atoms with E-state index < -0.39 is 5.60 Å². The maximum absolute atomic E-state index is 10.7. The van der Waals surface area contributed by atoms with Crippen LogP contribution in [0.2, 0.25) is 0 Å². The molecular formula is C14H22BrNOS. The summed E-state index contributed by atoms with van der Waals surface area (Å²) < 4.78 is 0.840. The van der Waals surface area contributed by atoms with Gasteiger partial charge in [-0.1, -0.05) is 27.2 Å². The first-order chi connectivity index (χ1) is 8.37. The maximum atomic E-state index is 10.7. The van der Waals surface area contributed by atoms with Crippen molar-refractivity contribution >= 4 is 27.3 Å². The second-order valence-corrected chi connectivity index (χ2v) is 7.79. The van der Waals surface area contributed by atoms with Crippen LogP contribution in [0.3, 0.4) is 0 Å². The Bertz CT molecular complexity index is 408. The molecule has 0 aliphatic heterocycles. The van der Waals surface area contributed by atoms with Crippen molar-refractivity contribution in [1.29, 1.82) is 0 Å². The van der Waals surface area contributed by atoms with Gasteiger partial charge in [-0.05, 0) is 52.9 Å². The van der Waals surface area contributed by atoms with E-state index in [1.807, 2.05) is 5.38 Å². The quantitative estimate of drug-likeness (QED) is 0.869. The molecular weight excluding hydrogens is 310 g/mol. The van der Waals surface area contributed by atoms with Crippen LogP contribution in [0.25, 0.3) is 0 Å². The van der Waals surface area contributed by atoms with Gasteiger partial charge in [0, 0.05) is 5.38 Å². The van der Waals surface area contributed by atoms with Crippen molar-refractivity contribution in [3.05, 3.63) is 15.0 Å². The molecule has 1 aliphatic carbocycles. The predicted molar refractivity (Wildman–Crippen MR) is 79.7 cm³/mol. The number of aliphatic hydroxyl groups is 1. The van der Waals surface area contributed by atoms with Gasteiger partial charge in [0.25, 0.3) is 0 Å². The third-order valence-electron chi connectivity index (χ3n) is 4.70. The second-order valence-electron chi connectivity index (χ2n) is 6.12. The van der Waals surface area contributed by atoms with Crippen LogP contribution in [0.1, 0.15) is 57.9 Å². The van der Waals surface area contributed by atoms with E-state index in [9.17, 15) is 5.11 Å². The van der Waals surface area contributed by atoms with E-state index in [4.69, 9.17) is 0 Å². The van der Waals surface area contributed by atoms with Gasteiger partial charge < -0.3 is 5.11 Å². The Hall–Kier alpha value is 0.0700. The highest BCUT2D eigenvalue weighted by Gasteiger charge is 2.40. The van der Waals surface area contributed by atoms with Gasteiger partial charge in [-0.3, -0.25) is 0 Å². The van der Waals surface area contributed by atoms with E-state index >= 15 is 0 Å². The number of thiazole rings is 1. The average Bonchev–Trinajstić information content (AvgIpc) is 2.77. The van der Waals surface area contributed by atoms with Crippen LogP contribution in [0.15, 0.2) is 9.98 Å². The Balaban J connectivity index is 2.06. The van der Waals surface area contributed by atoms with Gasteiger partial charge in [-0.15, -0.1) is 11.3 Å². The van der Waals surface area contributed by atoms with E-state index in [0.717, 1.165) is 41.2 Å². The smallest absolute Gasteiger partial charge is 0.126 e. The van der Waals surface area contributed by atoms with Crippen LogP contribution < -0.4 is 0 Å². The van der Waals surface area contributed by atoms with Crippen molar-refractivity contribution in [2.75, 3.05) is 0 Å². The van der Waals surface area contributed by atoms with Crippen molar-refractivity contribution in [2.24, 2.45) is 11.3 Å². The number of nitrogens with zero attached hydrogens (tertiary/aromatic N) is 1. The fraction of sp³-hybridized carbons (Fsp3) is 0.786. The number of hydrogen-bond donors (Lipinski definition) is 1. The molecule has 0 radical (unpaired) electrons. The van der Waals surface area contributed by atoms with Gasteiger partial charge in [-0.2, -0.15) is 0 Å². The molecule has 18 heavy (non-hydrogen) atoms. The van der Waals surface area contributed by atoms with Gasteiger partial charge in [0.2, 0.25) is 0 Å². The zero-order chi connectivity index (χ0) is 13.4. The lowest BCUT2D eigenvalue weighted by molar-refractivity contribution is -0.0330. The third-order valence-corrected chi connectivity index (χ3v) is 6.45. The fourth-order valence-corrected chi connectivity index (χ4v) is 4.26. The van der Waals surface area contributed by atoms with Crippen LogP contribution >= 0.6 is 27.3 Å². The van der Waals surface area contributed by atoms with Crippen LogP contribution in [0.4, 0.5) is 0 Å². The van der Waals surface area contributed by atoms with Gasteiger partial charge in [0.15, 0.2) is 0 Å². The highest BCUT2D eigenvalue weighted by molar-refractivity contribution is 9.10. The largest absolute Gasteiger partial charge is 0.383 e. The molecule has 0 unspecified atom stereocenters. The van der Waals surface area contributed by atoms with Crippen molar-refractivity contribution in [1.82, 2.24) is 4.98 Å². The van der Waals surface area contributed by atoms with Gasteiger partial charge in [0.1, 0.15) is 15.2 Å². The minimum atomic E-state index is -0.684. The second kappa shape index (κ2) is 5.22. The van der Waals surface area contributed by atoms with Crippen molar-refractivity contribution in [2.45, 2.75) is 58.5 Å². The molecule has 0 bridgehead atoms. The van der Waals surface area contributed by atoms with E-state index in [-0.39, 0.29) is 0 Å². The monoisotopic (exact) mass is 331 g/mol. The lowest BCUT2D eigenvalue weighted by Crippen LogP contribution is -2.36. The Morgan fingerprint density at radius 2 is 2.11 bits per heavy atom. The molecule has 1 N–H and O–H groups in total. The first kappa shape index (κ1) is 14.5. The molecule has 1 heterocycles. The van der Waals surface area contributed by atoms with Crippen LogP contribution in [-0.4, -0.2) is 10.1 Å². The molecule has 0 atom stereocenters. The number of halogens is 1. The maximum Gasteiger partial charge on any atom is 0.126 e. The van der Waals surface area contributed by atoms with Crippen molar-refractivity contribution < 1.29 is 5.11 Å². The Morgan fingerprint density at radius 3 is 2.56 bits per heavy atom. The first-order valence-corrected chi connectivity index (χ1v) is 8.38. The van der Waals surface area contributed by atoms with Gasteiger partial charge in [-0.25, -0.2) is 4.98 Å². The molecule has 0 aromatic carbocycles. The summed E-state index contributed by atoms with van der Waals surface area (Å²) in [5.74, 6) is 0.728. The summed E-state index contributed by atoms with van der Waals surface area (Å²) in [5.41, 5.74) is -0.290. The predicted octanol–water partition coefficient (Wildman–Crippen LogP) is 4.72. The molecule has 0 saturated heterocycles. The molecule has 1 aromatic rings. The molecule has 2 rings (SSSR count). The molecule has 1 aliphatic rings.